The van der Waals surface area contributed by atoms with Crippen LogP contribution in [-0.4, -0.2) is 29.7 Å². The quantitative estimate of drug-likeness (QED) is 0.943. The monoisotopic (exact) mass is 317 g/mol. The number of alkyl halides is 2. The zero-order chi connectivity index (χ0) is 14.2. The standard InChI is InChI=1S/C13H13F2N3O2.ClH/c1-19-9-4-2-3-8(5-9)11-17-12(20-18-11)10-6-13(14,15)7-16-10;/h2-5,10,16H,6-7H2,1H3;1H. The van der Waals surface area contributed by atoms with Gasteiger partial charge in [-0.1, -0.05) is 17.3 Å². The van der Waals surface area contributed by atoms with Crippen molar-refractivity contribution >= 4 is 12.4 Å². The third-order valence-electron chi connectivity index (χ3n) is 3.18. The number of benzene rings is 1. The number of hydrogen-bond donors (Lipinski definition) is 1. The topological polar surface area (TPSA) is 60.2 Å². The van der Waals surface area contributed by atoms with E-state index in [0.29, 0.717) is 17.1 Å². The van der Waals surface area contributed by atoms with Crippen molar-refractivity contribution in [2.45, 2.75) is 18.4 Å². The molecule has 0 spiro atoms. The van der Waals surface area contributed by atoms with E-state index in [-0.39, 0.29) is 31.3 Å². The van der Waals surface area contributed by atoms with E-state index in [0.717, 1.165) is 0 Å². The molecular weight excluding hydrogens is 304 g/mol. The van der Waals surface area contributed by atoms with Gasteiger partial charge < -0.3 is 9.26 Å². The maximum Gasteiger partial charge on any atom is 0.262 e. The lowest BCUT2D eigenvalue weighted by molar-refractivity contribution is 0.0200. The smallest absolute Gasteiger partial charge is 0.262 e. The molecule has 0 amide bonds. The first-order valence-corrected chi connectivity index (χ1v) is 6.17. The van der Waals surface area contributed by atoms with Gasteiger partial charge in [0, 0.05) is 12.0 Å². The van der Waals surface area contributed by atoms with Crippen LogP contribution < -0.4 is 10.1 Å². The number of methoxy groups -OCH3 is 1. The molecule has 8 heteroatoms. The maximum absolute atomic E-state index is 13.1. The molecule has 0 bridgehead atoms. The summed E-state index contributed by atoms with van der Waals surface area (Å²) in [5, 5.41) is 6.51. The van der Waals surface area contributed by atoms with Crippen LogP contribution in [0.2, 0.25) is 0 Å². The zero-order valence-corrected chi connectivity index (χ0v) is 12.0. The van der Waals surface area contributed by atoms with E-state index >= 15 is 0 Å². The summed E-state index contributed by atoms with van der Waals surface area (Å²) in [5.41, 5.74) is 0.712. The highest BCUT2D eigenvalue weighted by molar-refractivity contribution is 5.85. The summed E-state index contributed by atoms with van der Waals surface area (Å²) in [4.78, 5) is 4.17. The Hall–Kier alpha value is -1.73. The average Bonchev–Trinajstić information content (AvgIpc) is 3.05. The summed E-state index contributed by atoms with van der Waals surface area (Å²) in [6.45, 7) is -0.367. The van der Waals surface area contributed by atoms with Gasteiger partial charge in [-0.05, 0) is 12.1 Å². The molecule has 1 aromatic carbocycles. The van der Waals surface area contributed by atoms with Crippen LogP contribution in [0.15, 0.2) is 28.8 Å². The van der Waals surface area contributed by atoms with Gasteiger partial charge in [0.25, 0.3) is 5.92 Å². The average molecular weight is 318 g/mol. The summed E-state index contributed by atoms with van der Waals surface area (Å²) in [6.07, 6.45) is -0.327. The maximum atomic E-state index is 13.1. The number of halogens is 3. The van der Waals surface area contributed by atoms with Crippen LogP contribution in [0.3, 0.4) is 0 Å². The first kappa shape index (κ1) is 15.7. The van der Waals surface area contributed by atoms with E-state index in [1.165, 1.54) is 0 Å². The first-order valence-electron chi connectivity index (χ1n) is 6.17. The Labute approximate surface area is 126 Å². The third-order valence-corrected chi connectivity index (χ3v) is 3.18. The number of rotatable bonds is 3. The van der Waals surface area contributed by atoms with Crippen molar-refractivity contribution in [2.24, 2.45) is 0 Å². The zero-order valence-electron chi connectivity index (χ0n) is 11.2. The van der Waals surface area contributed by atoms with E-state index in [9.17, 15) is 8.78 Å². The lowest BCUT2D eigenvalue weighted by Gasteiger charge is -2.04. The minimum atomic E-state index is -2.73. The van der Waals surface area contributed by atoms with Gasteiger partial charge in [0.15, 0.2) is 0 Å². The van der Waals surface area contributed by atoms with Gasteiger partial charge in [-0.2, -0.15) is 4.98 Å². The van der Waals surface area contributed by atoms with Crippen LogP contribution in [-0.2, 0) is 0 Å². The SMILES string of the molecule is COc1cccc(-c2noc(C3CC(F)(F)CN3)n2)c1.Cl. The highest BCUT2D eigenvalue weighted by Crippen LogP contribution is 2.34. The molecule has 1 aliphatic heterocycles. The number of aromatic nitrogens is 2. The van der Waals surface area contributed by atoms with Gasteiger partial charge >= 0.3 is 0 Å². The number of nitrogens with one attached hydrogen (secondary N) is 1. The number of nitrogens with zero attached hydrogens (tertiary/aromatic N) is 2. The Kier molecular flexibility index (Phi) is 4.43. The molecule has 21 heavy (non-hydrogen) atoms. The summed E-state index contributed by atoms with van der Waals surface area (Å²) < 4.78 is 36.5. The number of ether oxygens (including phenoxy) is 1. The van der Waals surface area contributed by atoms with Crippen LogP contribution in [0.4, 0.5) is 8.78 Å². The van der Waals surface area contributed by atoms with Gasteiger partial charge in [0.2, 0.25) is 11.7 Å². The molecule has 1 unspecified atom stereocenters. The Bertz CT molecular complexity index is 621. The molecule has 0 saturated carbocycles. The van der Waals surface area contributed by atoms with Crippen molar-refractivity contribution in [3.8, 4) is 17.1 Å². The van der Waals surface area contributed by atoms with Crippen LogP contribution in [0.1, 0.15) is 18.4 Å². The molecule has 114 valence electrons. The number of hydrogen-bond acceptors (Lipinski definition) is 5. The molecule has 1 aromatic heterocycles. The van der Waals surface area contributed by atoms with Crippen molar-refractivity contribution < 1.29 is 18.0 Å². The van der Waals surface area contributed by atoms with Crippen LogP contribution in [0.5, 0.6) is 5.75 Å². The van der Waals surface area contributed by atoms with E-state index in [2.05, 4.69) is 15.5 Å². The Balaban J connectivity index is 0.00000161. The molecule has 1 saturated heterocycles. The van der Waals surface area contributed by atoms with Crippen molar-refractivity contribution in [3.05, 3.63) is 30.2 Å². The van der Waals surface area contributed by atoms with Crippen LogP contribution in [0.25, 0.3) is 11.4 Å². The Morgan fingerprint density at radius 2 is 2.24 bits per heavy atom. The highest BCUT2D eigenvalue weighted by Gasteiger charge is 2.42. The lowest BCUT2D eigenvalue weighted by atomic mass is 10.2. The van der Waals surface area contributed by atoms with Crippen molar-refractivity contribution in [1.82, 2.24) is 15.5 Å². The van der Waals surface area contributed by atoms with Gasteiger partial charge in [-0.3, -0.25) is 5.32 Å². The van der Waals surface area contributed by atoms with Crippen LogP contribution >= 0.6 is 12.4 Å². The largest absolute Gasteiger partial charge is 0.497 e. The lowest BCUT2D eigenvalue weighted by Crippen LogP contribution is -2.19. The molecule has 0 aliphatic carbocycles. The van der Waals surface area contributed by atoms with Crippen LogP contribution in [0, 0.1) is 0 Å². The second kappa shape index (κ2) is 5.95. The first-order chi connectivity index (χ1) is 9.57. The molecule has 3 rings (SSSR count). The summed E-state index contributed by atoms with van der Waals surface area (Å²) in [7, 11) is 1.56. The van der Waals surface area contributed by atoms with Gasteiger partial charge in [0.1, 0.15) is 5.75 Å². The normalized spacial score (nSPS) is 20.0. The fourth-order valence-electron chi connectivity index (χ4n) is 2.15. The molecule has 1 aliphatic rings. The minimum Gasteiger partial charge on any atom is -0.497 e. The molecule has 2 heterocycles. The summed E-state index contributed by atoms with van der Waals surface area (Å²) >= 11 is 0. The molecule has 1 fully saturated rings. The highest BCUT2D eigenvalue weighted by atomic mass is 35.5. The molecule has 5 nitrogen and oxygen atoms in total. The second-order valence-electron chi connectivity index (χ2n) is 4.68. The van der Waals surface area contributed by atoms with Crippen molar-refractivity contribution in [3.63, 3.8) is 0 Å². The van der Waals surface area contributed by atoms with E-state index in [4.69, 9.17) is 9.26 Å². The third kappa shape index (κ3) is 3.30. The predicted octanol–water partition coefficient (Wildman–Crippen LogP) is 2.84. The van der Waals surface area contributed by atoms with Gasteiger partial charge in [-0.15, -0.1) is 12.4 Å². The minimum absolute atomic E-state index is 0. The molecular formula is C13H14ClF2N3O2. The predicted molar refractivity (Wildman–Crippen MR) is 73.8 cm³/mol. The molecule has 0 radical (unpaired) electrons. The summed E-state index contributed by atoms with van der Waals surface area (Å²) in [5.74, 6) is -1.52. The van der Waals surface area contributed by atoms with Gasteiger partial charge in [-0.25, -0.2) is 8.78 Å². The Morgan fingerprint density at radius 3 is 2.90 bits per heavy atom. The van der Waals surface area contributed by atoms with Gasteiger partial charge in [0.05, 0.1) is 19.7 Å². The van der Waals surface area contributed by atoms with E-state index in [1.54, 1.807) is 31.4 Å². The summed E-state index contributed by atoms with van der Waals surface area (Å²) in [6, 6.07) is 6.55. The molecule has 2 aromatic rings. The van der Waals surface area contributed by atoms with Crippen molar-refractivity contribution in [1.29, 1.82) is 0 Å². The Morgan fingerprint density at radius 1 is 1.43 bits per heavy atom. The fourth-order valence-corrected chi connectivity index (χ4v) is 2.15. The molecule has 1 N–H and O–H groups in total. The second-order valence-corrected chi connectivity index (χ2v) is 4.68. The van der Waals surface area contributed by atoms with E-state index < -0.39 is 12.0 Å². The molecule has 1 atom stereocenters. The fraction of sp³-hybridized carbons (Fsp3) is 0.385. The van der Waals surface area contributed by atoms with Crippen molar-refractivity contribution in [2.75, 3.05) is 13.7 Å². The van der Waals surface area contributed by atoms with E-state index in [1.807, 2.05) is 0 Å².